The summed E-state index contributed by atoms with van der Waals surface area (Å²) >= 11 is 0. The molecule has 2 fully saturated rings. The van der Waals surface area contributed by atoms with E-state index < -0.39 is 17.9 Å². The third kappa shape index (κ3) is 5.55. The standard InChI is InChI=1S/C31H28FN3O7/c32-22-8-10-23(11-9-22)42-24-15-33(16-24)14-20-4-6-21(7-5-20)18-40-28-3-1-2-25-26(28)17-34(30(25)38)27-12-13-29(37)35(31(27)39)41-19-36/h1-11,19,24,27H,12-18H2. The lowest BCUT2D eigenvalue weighted by Crippen LogP contribution is -2.54. The summed E-state index contributed by atoms with van der Waals surface area (Å²) in [4.78, 5) is 56.9. The van der Waals surface area contributed by atoms with E-state index in [1.807, 2.05) is 12.1 Å². The van der Waals surface area contributed by atoms with Gasteiger partial charge in [0.25, 0.3) is 17.7 Å². The third-order valence-electron chi connectivity index (χ3n) is 7.68. The molecular weight excluding hydrogens is 545 g/mol. The van der Waals surface area contributed by atoms with Crippen molar-refractivity contribution in [3.63, 3.8) is 0 Å². The molecule has 3 aliphatic rings. The molecule has 0 radical (unpaired) electrons. The van der Waals surface area contributed by atoms with E-state index in [2.05, 4.69) is 21.9 Å². The molecule has 1 unspecified atom stereocenters. The minimum Gasteiger partial charge on any atom is -0.489 e. The third-order valence-corrected chi connectivity index (χ3v) is 7.68. The quantitative estimate of drug-likeness (QED) is 0.269. The Bertz CT molecular complexity index is 1510. The van der Waals surface area contributed by atoms with E-state index in [1.165, 1.54) is 17.0 Å². The Kier molecular flexibility index (Phi) is 7.58. The maximum absolute atomic E-state index is 13.2. The summed E-state index contributed by atoms with van der Waals surface area (Å²) < 4.78 is 25.0. The summed E-state index contributed by atoms with van der Waals surface area (Å²) in [5.41, 5.74) is 3.22. The highest BCUT2D eigenvalue weighted by molar-refractivity contribution is 6.05. The molecule has 11 heteroatoms. The van der Waals surface area contributed by atoms with Crippen LogP contribution in [0.2, 0.25) is 0 Å². The van der Waals surface area contributed by atoms with Crippen LogP contribution in [0, 0.1) is 5.82 Å². The van der Waals surface area contributed by atoms with Gasteiger partial charge in [0.1, 0.15) is 36.1 Å². The number of nitrogens with zero attached hydrogens (tertiary/aromatic N) is 3. The molecule has 2 saturated heterocycles. The maximum Gasteiger partial charge on any atom is 0.321 e. The monoisotopic (exact) mass is 573 g/mol. The first kappa shape index (κ1) is 27.4. The predicted octanol–water partition coefficient (Wildman–Crippen LogP) is 3.23. The predicted molar refractivity (Wildman–Crippen MR) is 145 cm³/mol. The van der Waals surface area contributed by atoms with Crippen LogP contribution < -0.4 is 9.47 Å². The fourth-order valence-electron chi connectivity index (χ4n) is 5.49. The molecule has 3 aliphatic heterocycles. The Morgan fingerprint density at radius 3 is 2.40 bits per heavy atom. The van der Waals surface area contributed by atoms with Gasteiger partial charge in [0.2, 0.25) is 0 Å². The number of rotatable bonds is 10. The van der Waals surface area contributed by atoms with Crippen molar-refractivity contribution >= 4 is 24.2 Å². The molecule has 6 rings (SSSR count). The molecular formula is C31H28FN3O7. The topological polar surface area (TPSA) is 106 Å². The largest absolute Gasteiger partial charge is 0.489 e. The SMILES string of the molecule is O=CON1C(=O)CCC(N2Cc3c(OCc4ccc(CN5CC(Oc6ccc(F)cc6)C5)cc4)cccc3C2=O)C1=O. The number of likely N-dealkylation sites (tertiary alicyclic amines) is 1. The molecule has 1 atom stereocenters. The highest BCUT2D eigenvalue weighted by Gasteiger charge is 2.44. The lowest BCUT2D eigenvalue weighted by Gasteiger charge is -2.39. The van der Waals surface area contributed by atoms with Gasteiger partial charge in [-0.1, -0.05) is 30.3 Å². The van der Waals surface area contributed by atoms with Gasteiger partial charge >= 0.3 is 6.47 Å². The molecule has 0 bridgehead atoms. The van der Waals surface area contributed by atoms with Crippen molar-refractivity contribution in [2.24, 2.45) is 0 Å². The zero-order valence-corrected chi connectivity index (χ0v) is 22.6. The molecule has 3 aromatic carbocycles. The van der Waals surface area contributed by atoms with Gasteiger partial charge in [-0.2, -0.15) is 0 Å². The van der Waals surface area contributed by atoms with Gasteiger partial charge in [-0.3, -0.25) is 24.1 Å². The molecule has 216 valence electrons. The van der Waals surface area contributed by atoms with Crippen molar-refractivity contribution in [2.75, 3.05) is 13.1 Å². The van der Waals surface area contributed by atoms with Crippen LogP contribution in [0.15, 0.2) is 66.7 Å². The molecule has 42 heavy (non-hydrogen) atoms. The number of hydroxylamine groups is 2. The van der Waals surface area contributed by atoms with E-state index in [9.17, 15) is 23.6 Å². The first-order valence-corrected chi connectivity index (χ1v) is 13.6. The number of carbonyl (C=O) groups is 4. The number of piperidine rings is 1. The van der Waals surface area contributed by atoms with Gasteiger partial charge in [0.05, 0.1) is 6.54 Å². The lowest BCUT2D eigenvalue weighted by atomic mass is 10.0. The Morgan fingerprint density at radius 2 is 1.67 bits per heavy atom. The molecule has 0 spiro atoms. The van der Waals surface area contributed by atoms with Gasteiger partial charge in [-0.15, -0.1) is 5.06 Å². The van der Waals surface area contributed by atoms with Crippen molar-refractivity contribution < 1.29 is 37.9 Å². The molecule has 10 nitrogen and oxygen atoms in total. The van der Waals surface area contributed by atoms with Gasteiger partial charge in [0.15, 0.2) is 0 Å². The first-order valence-electron chi connectivity index (χ1n) is 13.6. The minimum atomic E-state index is -0.917. The number of benzene rings is 3. The number of imide groups is 1. The van der Waals surface area contributed by atoms with Crippen molar-refractivity contribution in [1.82, 2.24) is 14.9 Å². The van der Waals surface area contributed by atoms with Gasteiger partial charge in [-0.25, -0.2) is 4.39 Å². The van der Waals surface area contributed by atoms with Crippen LogP contribution in [0.4, 0.5) is 4.39 Å². The van der Waals surface area contributed by atoms with Crippen LogP contribution in [0.3, 0.4) is 0 Å². The van der Waals surface area contributed by atoms with E-state index >= 15 is 0 Å². The fraction of sp³-hybridized carbons (Fsp3) is 0.290. The zero-order valence-electron chi connectivity index (χ0n) is 22.6. The molecule has 0 aliphatic carbocycles. The molecule has 0 N–H and O–H groups in total. The van der Waals surface area contributed by atoms with Crippen molar-refractivity contribution in [2.45, 2.75) is 44.7 Å². The van der Waals surface area contributed by atoms with Crippen LogP contribution >= 0.6 is 0 Å². The van der Waals surface area contributed by atoms with Crippen molar-refractivity contribution in [3.8, 4) is 11.5 Å². The van der Waals surface area contributed by atoms with Crippen LogP contribution in [0.5, 0.6) is 11.5 Å². The number of carbonyl (C=O) groups excluding carboxylic acids is 4. The Morgan fingerprint density at radius 1 is 0.929 bits per heavy atom. The number of fused-ring (bicyclic) bond motifs is 1. The average Bonchev–Trinajstić information content (AvgIpc) is 3.31. The van der Waals surface area contributed by atoms with Gasteiger partial charge < -0.3 is 19.2 Å². The number of ether oxygens (including phenoxy) is 2. The molecule has 0 aromatic heterocycles. The Hall–Kier alpha value is -4.77. The maximum atomic E-state index is 13.2. The van der Waals surface area contributed by atoms with Crippen LogP contribution in [0.1, 0.15) is 39.9 Å². The second kappa shape index (κ2) is 11.6. The highest BCUT2D eigenvalue weighted by Crippen LogP contribution is 2.35. The molecule has 3 heterocycles. The second-order valence-electron chi connectivity index (χ2n) is 10.5. The highest BCUT2D eigenvalue weighted by atomic mass is 19.1. The van der Waals surface area contributed by atoms with Crippen molar-refractivity contribution in [3.05, 3.63) is 94.8 Å². The Balaban J connectivity index is 1.02. The number of amides is 3. The molecule has 3 amide bonds. The summed E-state index contributed by atoms with van der Waals surface area (Å²) in [7, 11) is 0. The minimum absolute atomic E-state index is 0.0184. The molecule has 0 saturated carbocycles. The van der Waals surface area contributed by atoms with Crippen molar-refractivity contribution in [1.29, 1.82) is 0 Å². The van der Waals surface area contributed by atoms with Gasteiger partial charge in [-0.05, 0) is 53.9 Å². The second-order valence-corrected chi connectivity index (χ2v) is 10.5. The van der Waals surface area contributed by atoms with Gasteiger partial charge in [0, 0.05) is 37.2 Å². The summed E-state index contributed by atoms with van der Waals surface area (Å²) in [6, 6.07) is 18.4. The first-order chi connectivity index (χ1) is 20.4. The fourth-order valence-corrected chi connectivity index (χ4v) is 5.49. The molecule has 3 aromatic rings. The number of halogens is 1. The summed E-state index contributed by atoms with van der Waals surface area (Å²) in [5, 5.41) is 0.431. The average molecular weight is 574 g/mol. The zero-order chi connectivity index (χ0) is 29.2. The van der Waals surface area contributed by atoms with E-state index in [0.717, 1.165) is 30.8 Å². The summed E-state index contributed by atoms with van der Waals surface area (Å²) in [6.45, 7) is 2.83. The smallest absolute Gasteiger partial charge is 0.321 e. The van der Waals surface area contributed by atoms with E-state index in [1.54, 1.807) is 30.3 Å². The normalized spacial score (nSPS) is 19.0. The summed E-state index contributed by atoms with van der Waals surface area (Å²) in [5.74, 6) is -0.770. The van der Waals surface area contributed by atoms with Crippen LogP contribution in [-0.4, -0.2) is 64.3 Å². The lowest BCUT2D eigenvalue weighted by molar-refractivity contribution is -0.200. The summed E-state index contributed by atoms with van der Waals surface area (Å²) in [6.07, 6.45) is 0.213. The van der Waals surface area contributed by atoms with E-state index in [0.29, 0.717) is 34.3 Å². The Labute approximate surface area is 241 Å². The van der Waals surface area contributed by atoms with Crippen LogP contribution in [0.25, 0.3) is 0 Å². The van der Waals surface area contributed by atoms with E-state index in [4.69, 9.17) is 9.47 Å². The number of hydrogen-bond acceptors (Lipinski definition) is 8. The van der Waals surface area contributed by atoms with E-state index in [-0.39, 0.29) is 43.7 Å². The van der Waals surface area contributed by atoms with Crippen LogP contribution in [-0.2, 0) is 38.9 Å². The number of hydrogen-bond donors (Lipinski definition) is 0.